The van der Waals surface area contributed by atoms with Crippen molar-refractivity contribution < 1.29 is 4.79 Å². The van der Waals surface area contributed by atoms with E-state index in [9.17, 15) is 4.79 Å². The summed E-state index contributed by atoms with van der Waals surface area (Å²) in [6.07, 6.45) is 2.95. The molecule has 1 aromatic rings. The Labute approximate surface area is 112 Å². The van der Waals surface area contributed by atoms with Crippen LogP contribution in [-0.2, 0) is 4.79 Å². The van der Waals surface area contributed by atoms with Crippen molar-refractivity contribution in [3.05, 3.63) is 51.9 Å². The fourth-order valence-corrected chi connectivity index (χ4v) is 2.40. The molecule has 2 atom stereocenters. The first-order valence-corrected chi connectivity index (χ1v) is 6.49. The SMILES string of the molecule is CC(C)C(=Cc1ccccc1)[C@@H]1C[C@H]1C(=O)N=[N+]=[N-]. The molecule has 0 heterocycles. The summed E-state index contributed by atoms with van der Waals surface area (Å²) in [7, 11) is 0. The topological polar surface area (TPSA) is 65.8 Å². The molecule has 2 rings (SSSR count). The summed E-state index contributed by atoms with van der Waals surface area (Å²) in [5, 5.41) is 3.20. The number of nitrogens with zero attached hydrogens (tertiary/aromatic N) is 3. The second kappa shape index (κ2) is 5.72. The number of benzene rings is 1. The van der Waals surface area contributed by atoms with Gasteiger partial charge < -0.3 is 0 Å². The van der Waals surface area contributed by atoms with Crippen molar-refractivity contribution in [1.29, 1.82) is 0 Å². The van der Waals surface area contributed by atoms with Crippen LogP contribution >= 0.6 is 0 Å². The van der Waals surface area contributed by atoms with Crippen LogP contribution in [0.5, 0.6) is 0 Å². The highest BCUT2D eigenvalue weighted by atomic mass is 16.2. The van der Waals surface area contributed by atoms with Crippen LogP contribution in [-0.4, -0.2) is 5.91 Å². The van der Waals surface area contributed by atoms with Gasteiger partial charge in [0.25, 0.3) is 0 Å². The molecule has 1 aliphatic rings. The van der Waals surface area contributed by atoms with Gasteiger partial charge in [-0.25, -0.2) is 0 Å². The maximum atomic E-state index is 11.5. The number of amides is 1. The molecular formula is C15H17N3O. The molecule has 4 heteroatoms. The molecule has 0 unspecified atom stereocenters. The number of azide groups is 1. The summed E-state index contributed by atoms with van der Waals surface area (Å²) in [6, 6.07) is 10.1. The average molecular weight is 255 g/mol. The van der Waals surface area contributed by atoms with Crippen molar-refractivity contribution in [3.8, 4) is 0 Å². The van der Waals surface area contributed by atoms with Crippen molar-refractivity contribution in [1.82, 2.24) is 0 Å². The van der Waals surface area contributed by atoms with Crippen molar-refractivity contribution >= 4 is 12.0 Å². The number of hydrogen-bond donors (Lipinski definition) is 0. The summed E-state index contributed by atoms with van der Waals surface area (Å²) in [4.78, 5) is 14.1. The Hall–Kier alpha value is -2.06. The lowest BCUT2D eigenvalue weighted by Gasteiger charge is -2.11. The van der Waals surface area contributed by atoms with E-state index in [-0.39, 0.29) is 17.7 Å². The summed E-state index contributed by atoms with van der Waals surface area (Å²) < 4.78 is 0. The molecule has 1 fully saturated rings. The predicted octanol–water partition coefficient (Wildman–Crippen LogP) is 4.20. The molecule has 1 amide bonds. The quantitative estimate of drug-likeness (QED) is 0.451. The van der Waals surface area contributed by atoms with Crippen LogP contribution in [0, 0.1) is 17.8 Å². The van der Waals surface area contributed by atoms with Gasteiger partial charge in [-0.3, -0.25) is 4.79 Å². The maximum absolute atomic E-state index is 11.5. The van der Waals surface area contributed by atoms with E-state index in [4.69, 9.17) is 5.53 Å². The van der Waals surface area contributed by atoms with Crippen LogP contribution < -0.4 is 0 Å². The van der Waals surface area contributed by atoms with Crippen LogP contribution in [0.1, 0.15) is 25.8 Å². The van der Waals surface area contributed by atoms with E-state index < -0.39 is 0 Å². The van der Waals surface area contributed by atoms with E-state index in [1.165, 1.54) is 5.57 Å². The Balaban J connectivity index is 2.18. The molecule has 0 spiro atoms. The fraction of sp³-hybridized carbons (Fsp3) is 0.400. The summed E-state index contributed by atoms with van der Waals surface area (Å²) in [6.45, 7) is 4.25. The third-order valence-electron chi connectivity index (χ3n) is 3.48. The molecule has 0 bridgehead atoms. The molecule has 1 saturated carbocycles. The Morgan fingerprint density at radius 1 is 1.37 bits per heavy atom. The van der Waals surface area contributed by atoms with Crippen LogP contribution in [0.25, 0.3) is 16.5 Å². The highest BCUT2D eigenvalue weighted by molar-refractivity contribution is 5.83. The third-order valence-corrected chi connectivity index (χ3v) is 3.48. The Morgan fingerprint density at radius 3 is 2.63 bits per heavy atom. The fourth-order valence-electron chi connectivity index (χ4n) is 2.40. The normalized spacial score (nSPS) is 21.9. The van der Waals surface area contributed by atoms with Crippen LogP contribution in [0.15, 0.2) is 41.0 Å². The van der Waals surface area contributed by atoms with Gasteiger partial charge in [0.1, 0.15) is 0 Å². The van der Waals surface area contributed by atoms with Gasteiger partial charge in [0.05, 0.1) is 0 Å². The molecular weight excluding hydrogens is 238 g/mol. The van der Waals surface area contributed by atoms with E-state index in [0.717, 1.165) is 12.0 Å². The second-order valence-electron chi connectivity index (χ2n) is 5.19. The number of carbonyl (C=O) groups is 1. The van der Waals surface area contributed by atoms with Gasteiger partial charge in [-0.1, -0.05) is 55.8 Å². The highest BCUT2D eigenvalue weighted by Crippen LogP contribution is 2.48. The summed E-state index contributed by atoms with van der Waals surface area (Å²) in [5.41, 5.74) is 10.7. The van der Waals surface area contributed by atoms with E-state index in [0.29, 0.717) is 5.92 Å². The van der Waals surface area contributed by atoms with Crippen LogP contribution in [0.2, 0.25) is 0 Å². The molecule has 1 aliphatic carbocycles. The predicted molar refractivity (Wildman–Crippen MR) is 75.0 cm³/mol. The zero-order valence-electron chi connectivity index (χ0n) is 11.2. The number of carbonyl (C=O) groups excluding carboxylic acids is 1. The van der Waals surface area contributed by atoms with Crippen LogP contribution in [0.4, 0.5) is 0 Å². The van der Waals surface area contributed by atoms with Gasteiger partial charge in [0.2, 0.25) is 5.91 Å². The monoisotopic (exact) mass is 255 g/mol. The average Bonchev–Trinajstić information content (AvgIpc) is 3.17. The first-order chi connectivity index (χ1) is 9.13. The lowest BCUT2D eigenvalue weighted by Crippen LogP contribution is -2.03. The maximum Gasteiger partial charge on any atom is 0.222 e. The van der Waals surface area contributed by atoms with Crippen molar-refractivity contribution in [2.24, 2.45) is 22.9 Å². The van der Waals surface area contributed by atoms with Gasteiger partial charge in [0, 0.05) is 10.8 Å². The zero-order valence-corrected chi connectivity index (χ0v) is 11.2. The molecule has 0 saturated heterocycles. The molecule has 1 aromatic carbocycles. The lowest BCUT2D eigenvalue weighted by atomic mass is 9.95. The van der Waals surface area contributed by atoms with Crippen molar-refractivity contribution in [3.63, 3.8) is 0 Å². The van der Waals surface area contributed by atoms with Crippen molar-refractivity contribution in [2.45, 2.75) is 20.3 Å². The molecule has 98 valence electrons. The van der Waals surface area contributed by atoms with E-state index in [1.54, 1.807) is 0 Å². The summed E-state index contributed by atoms with van der Waals surface area (Å²) in [5.74, 6) is 0.174. The number of hydrogen-bond acceptors (Lipinski definition) is 1. The van der Waals surface area contributed by atoms with Crippen LogP contribution in [0.3, 0.4) is 0 Å². The molecule has 0 aliphatic heterocycles. The third kappa shape index (κ3) is 3.24. The minimum Gasteiger partial charge on any atom is -0.292 e. The molecule has 0 aromatic heterocycles. The van der Waals surface area contributed by atoms with E-state index >= 15 is 0 Å². The smallest absolute Gasteiger partial charge is 0.222 e. The number of rotatable bonds is 4. The van der Waals surface area contributed by atoms with E-state index in [1.807, 2.05) is 18.2 Å². The van der Waals surface area contributed by atoms with Gasteiger partial charge >= 0.3 is 0 Å². The molecule has 4 nitrogen and oxygen atoms in total. The molecule has 19 heavy (non-hydrogen) atoms. The zero-order chi connectivity index (χ0) is 13.8. The van der Waals surface area contributed by atoms with Gasteiger partial charge in [-0.2, -0.15) is 0 Å². The molecule has 0 N–H and O–H groups in total. The standard InChI is InChI=1S/C15H17N3O/c1-10(2)12(8-11-6-4-3-5-7-11)13-9-14(13)15(19)17-18-16/h3-8,10,13-14H,9H2,1-2H3/t13-,14+/m0/s1. The minimum atomic E-state index is -0.327. The molecule has 0 radical (unpaired) electrons. The Kier molecular flexibility index (Phi) is 4.03. The highest BCUT2D eigenvalue weighted by Gasteiger charge is 2.44. The summed E-state index contributed by atoms with van der Waals surface area (Å²) >= 11 is 0. The first-order valence-electron chi connectivity index (χ1n) is 6.49. The van der Waals surface area contributed by atoms with Gasteiger partial charge in [-0.05, 0) is 34.5 Å². The Bertz CT molecular complexity index is 542. The Morgan fingerprint density at radius 2 is 2.05 bits per heavy atom. The lowest BCUT2D eigenvalue weighted by molar-refractivity contribution is -0.119. The van der Waals surface area contributed by atoms with Gasteiger partial charge in [0.15, 0.2) is 0 Å². The van der Waals surface area contributed by atoms with E-state index in [2.05, 4.69) is 42.1 Å². The first kappa shape index (κ1) is 13.4. The minimum absolute atomic E-state index is 0.117. The van der Waals surface area contributed by atoms with Crippen molar-refractivity contribution in [2.75, 3.05) is 0 Å². The van der Waals surface area contributed by atoms with Gasteiger partial charge in [-0.15, -0.1) is 0 Å². The number of allylic oxidation sites excluding steroid dienone is 1. The second-order valence-corrected chi connectivity index (χ2v) is 5.19. The largest absolute Gasteiger partial charge is 0.292 e.